The molecule has 0 bridgehead atoms. The molecule has 134 valence electrons. The fourth-order valence-corrected chi connectivity index (χ4v) is 3.79. The summed E-state index contributed by atoms with van der Waals surface area (Å²) < 4.78 is 0. The summed E-state index contributed by atoms with van der Waals surface area (Å²) in [5.41, 5.74) is 2.93. The molecule has 2 N–H and O–H groups in total. The number of amides is 2. The van der Waals surface area contributed by atoms with Crippen LogP contribution < -0.4 is 10.6 Å². The van der Waals surface area contributed by atoms with Crippen molar-refractivity contribution in [1.82, 2.24) is 20.5 Å². The number of aryl methyl sites for hydroxylation is 2. The molecule has 0 unspecified atom stereocenters. The van der Waals surface area contributed by atoms with Gasteiger partial charge in [0.25, 0.3) is 0 Å². The summed E-state index contributed by atoms with van der Waals surface area (Å²) >= 11 is 1.66. The van der Waals surface area contributed by atoms with Crippen molar-refractivity contribution >= 4 is 23.2 Å². The van der Waals surface area contributed by atoms with Crippen LogP contribution in [0.25, 0.3) is 0 Å². The smallest absolute Gasteiger partial charge is 0.237 e. The van der Waals surface area contributed by atoms with Gasteiger partial charge in [-0.1, -0.05) is 13.8 Å². The highest BCUT2D eigenvalue weighted by Gasteiger charge is 2.31. The summed E-state index contributed by atoms with van der Waals surface area (Å²) in [5.74, 6) is 0.397. The fourth-order valence-electron chi connectivity index (χ4n) is 2.96. The van der Waals surface area contributed by atoms with Crippen molar-refractivity contribution in [3.05, 3.63) is 16.1 Å². The fraction of sp³-hybridized carbons (Fsp3) is 0.706. The van der Waals surface area contributed by atoms with E-state index in [1.54, 1.807) is 11.3 Å². The molecule has 7 heteroatoms. The number of carbonyl (C=O) groups excluding carboxylic acids is 2. The van der Waals surface area contributed by atoms with Gasteiger partial charge in [0, 0.05) is 31.1 Å². The van der Waals surface area contributed by atoms with Crippen LogP contribution in [0.4, 0.5) is 0 Å². The summed E-state index contributed by atoms with van der Waals surface area (Å²) in [6, 6.07) is -0.343. The van der Waals surface area contributed by atoms with Gasteiger partial charge in [-0.3, -0.25) is 14.5 Å². The molecule has 6 nitrogen and oxygen atoms in total. The molecule has 1 saturated heterocycles. The Bertz CT molecular complexity index is 559. The second-order valence-electron chi connectivity index (χ2n) is 6.71. The number of hydrogen-bond donors (Lipinski definition) is 2. The lowest BCUT2D eigenvalue weighted by Gasteiger charge is -2.35. The second kappa shape index (κ2) is 9.13. The molecule has 1 aromatic heterocycles. The third-order valence-corrected chi connectivity index (χ3v) is 5.16. The highest BCUT2D eigenvalue weighted by molar-refractivity contribution is 7.09. The Morgan fingerprint density at radius 2 is 2.33 bits per heavy atom. The molecule has 1 fully saturated rings. The maximum absolute atomic E-state index is 12.2. The first-order chi connectivity index (χ1) is 11.5. The number of nitrogens with one attached hydrogen (secondary N) is 2. The Labute approximate surface area is 148 Å². The van der Waals surface area contributed by atoms with Crippen LogP contribution in [-0.2, 0) is 16.0 Å². The zero-order valence-corrected chi connectivity index (χ0v) is 15.6. The Morgan fingerprint density at radius 3 is 3.00 bits per heavy atom. The van der Waals surface area contributed by atoms with Gasteiger partial charge in [-0.2, -0.15) is 0 Å². The molecule has 24 heavy (non-hydrogen) atoms. The van der Waals surface area contributed by atoms with Crippen molar-refractivity contribution in [2.45, 2.75) is 46.1 Å². The second-order valence-corrected chi connectivity index (χ2v) is 7.65. The number of thiazole rings is 1. The third-order valence-electron chi connectivity index (χ3n) is 4.17. The minimum absolute atomic E-state index is 0.0302. The molecule has 1 aliphatic rings. The molecule has 1 aromatic rings. The summed E-state index contributed by atoms with van der Waals surface area (Å²) in [6.45, 7) is 9.22. The normalized spacial score (nSPS) is 18.7. The lowest BCUT2D eigenvalue weighted by molar-refractivity contribution is -0.134. The van der Waals surface area contributed by atoms with Gasteiger partial charge in [0.05, 0.1) is 23.7 Å². The van der Waals surface area contributed by atoms with E-state index in [-0.39, 0.29) is 24.3 Å². The molecular weight excluding hydrogens is 324 g/mol. The van der Waals surface area contributed by atoms with Crippen LogP contribution in [0.5, 0.6) is 0 Å². The monoisotopic (exact) mass is 352 g/mol. The molecule has 1 aliphatic heterocycles. The summed E-state index contributed by atoms with van der Waals surface area (Å²) in [5, 5.41) is 5.81. The predicted molar refractivity (Wildman–Crippen MR) is 96.0 cm³/mol. The van der Waals surface area contributed by atoms with E-state index in [4.69, 9.17) is 0 Å². The van der Waals surface area contributed by atoms with Crippen LogP contribution in [0.3, 0.4) is 0 Å². The maximum Gasteiger partial charge on any atom is 0.237 e. The van der Waals surface area contributed by atoms with E-state index in [1.165, 1.54) is 4.88 Å². The van der Waals surface area contributed by atoms with E-state index in [0.29, 0.717) is 19.0 Å². The van der Waals surface area contributed by atoms with E-state index >= 15 is 0 Å². The quantitative estimate of drug-likeness (QED) is 0.693. The summed E-state index contributed by atoms with van der Waals surface area (Å²) in [4.78, 5) is 31.9. The SMILES string of the molecule is Cc1ncsc1CCCNC(=O)C[C@H]1C(=O)NCCN1CC(C)C. The van der Waals surface area contributed by atoms with Crippen LogP contribution in [0.15, 0.2) is 5.51 Å². The highest BCUT2D eigenvalue weighted by Crippen LogP contribution is 2.14. The maximum atomic E-state index is 12.2. The minimum Gasteiger partial charge on any atom is -0.356 e. The third kappa shape index (κ3) is 5.56. The highest BCUT2D eigenvalue weighted by atomic mass is 32.1. The van der Waals surface area contributed by atoms with Gasteiger partial charge < -0.3 is 10.6 Å². The van der Waals surface area contributed by atoms with Gasteiger partial charge in [0.1, 0.15) is 0 Å². The number of aromatic nitrogens is 1. The first kappa shape index (κ1) is 18.9. The van der Waals surface area contributed by atoms with Crippen molar-refractivity contribution in [3.63, 3.8) is 0 Å². The molecule has 2 heterocycles. The van der Waals surface area contributed by atoms with Crippen LogP contribution in [0, 0.1) is 12.8 Å². The van der Waals surface area contributed by atoms with E-state index in [1.807, 2.05) is 12.4 Å². The molecule has 2 rings (SSSR count). The Hall–Kier alpha value is -1.47. The Kier molecular flexibility index (Phi) is 7.17. The number of piperazine rings is 1. The predicted octanol–water partition coefficient (Wildman–Crippen LogP) is 1.35. The lowest BCUT2D eigenvalue weighted by Crippen LogP contribution is -2.57. The van der Waals surface area contributed by atoms with Gasteiger partial charge in [-0.05, 0) is 25.7 Å². The molecule has 0 saturated carbocycles. The van der Waals surface area contributed by atoms with Crippen molar-refractivity contribution in [1.29, 1.82) is 0 Å². The van der Waals surface area contributed by atoms with Crippen LogP contribution in [-0.4, -0.2) is 53.9 Å². The topological polar surface area (TPSA) is 74.3 Å². The summed E-state index contributed by atoms with van der Waals surface area (Å²) in [6.07, 6.45) is 2.06. The molecule has 0 aliphatic carbocycles. The molecule has 1 atom stereocenters. The number of carbonyl (C=O) groups is 2. The first-order valence-electron chi connectivity index (χ1n) is 8.64. The van der Waals surface area contributed by atoms with Crippen molar-refractivity contribution in [2.24, 2.45) is 5.92 Å². The van der Waals surface area contributed by atoms with Gasteiger partial charge in [-0.15, -0.1) is 11.3 Å². The van der Waals surface area contributed by atoms with Gasteiger partial charge in [-0.25, -0.2) is 4.98 Å². The largest absolute Gasteiger partial charge is 0.356 e. The number of nitrogens with zero attached hydrogens (tertiary/aromatic N) is 2. The average molecular weight is 353 g/mol. The van der Waals surface area contributed by atoms with E-state index in [2.05, 4.69) is 34.4 Å². The Morgan fingerprint density at radius 1 is 1.54 bits per heavy atom. The molecule has 0 aromatic carbocycles. The standard InChI is InChI=1S/C17H28N4O2S/c1-12(2)10-21-8-7-19-17(23)14(21)9-16(22)18-6-4-5-15-13(3)20-11-24-15/h11-12,14H,4-10H2,1-3H3,(H,18,22)(H,19,23)/t14-/m0/s1. The van der Waals surface area contributed by atoms with E-state index in [0.717, 1.165) is 31.6 Å². The average Bonchev–Trinajstić information content (AvgIpc) is 2.92. The Balaban J connectivity index is 1.75. The zero-order chi connectivity index (χ0) is 17.5. The van der Waals surface area contributed by atoms with Crippen LogP contribution in [0.2, 0.25) is 0 Å². The van der Waals surface area contributed by atoms with Crippen molar-refractivity contribution in [2.75, 3.05) is 26.2 Å². The van der Waals surface area contributed by atoms with Gasteiger partial charge in [0.2, 0.25) is 11.8 Å². The van der Waals surface area contributed by atoms with Crippen molar-refractivity contribution < 1.29 is 9.59 Å². The lowest BCUT2D eigenvalue weighted by atomic mass is 10.1. The van der Waals surface area contributed by atoms with Gasteiger partial charge in [0.15, 0.2) is 0 Å². The molecular formula is C17H28N4O2S. The number of rotatable bonds is 8. The van der Waals surface area contributed by atoms with Crippen molar-refractivity contribution in [3.8, 4) is 0 Å². The zero-order valence-electron chi connectivity index (χ0n) is 14.8. The first-order valence-corrected chi connectivity index (χ1v) is 9.52. The van der Waals surface area contributed by atoms with Crippen LogP contribution in [0.1, 0.15) is 37.3 Å². The summed E-state index contributed by atoms with van der Waals surface area (Å²) in [7, 11) is 0. The van der Waals surface area contributed by atoms with Gasteiger partial charge >= 0.3 is 0 Å². The van der Waals surface area contributed by atoms with E-state index in [9.17, 15) is 9.59 Å². The van der Waals surface area contributed by atoms with E-state index < -0.39 is 0 Å². The molecule has 0 spiro atoms. The molecule has 2 amide bonds. The minimum atomic E-state index is -0.343. The van der Waals surface area contributed by atoms with Crippen LogP contribution >= 0.6 is 11.3 Å². The number of hydrogen-bond acceptors (Lipinski definition) is 5. The molecule has 0 radical (unpaired) electrons.